The molecule has 8 heteroatoms. The summed E-state index contributed by atoms with van der Waals surface area (Å²) in [4.78, 5) is 15.0. The summed E-state index contributed by atoms with van der Waals surface area (Å²) in [5, 5.41) is 12.0. The predicted octanol–water partition coefficient (Wildman–Crippen LogP) is 3.49. The third-order valence-electron chi connectivity index (χ3n) is 2.34. The first-order chi connectivity index (χ1) is 9.47. The van der Waals surface area contributed by atoms with Crippen LogP contribution in [-0.2, 0) is 0 Å². The van der Waals surface area contributed by atoms with Gasteiger partial charge in [0.2, 0.25) is 0 Å². The second-order valence-corrected chi connectivity index (χ2v) is 4.74. The number of aryl methyl sites for hydroxylation is 1. The van der Waals surface area contributed by atoms with Crippen LogP contribution < -0.4 is 10.1 Å². The summed E-state index contributed by atoms with van der Waals surface area (Å²) in [6.45, 7) is -1.38. The van der Waals surface area contributed by atoms with Gasteiger partial charge in [-0.2, -0.15) is 8.78 Å². The summed E-state index contributed by atoms with van der Waals surface area (Å²) in [5.41, 5.74) is 0.649. The van der Waals surface area contributed by atoms with E-state index in [0.717, 1.165) is 11.3 Å². The van der Waals surface area contributed by atoms with Crippen molar-refractivity contribution in [1.29, 1.82) is 0 Å². The largest absolute Gasteiger partial charge is 0.477 e. The van der Waals surface area contributed by atoms with Crippen LogP contribution in [0.15, 0.2) is 24.3 Å². The van der Waals surface area contributed by atoms with E-state index >= 15 is 0 Å². The predicted molar refractivity (Wildman–Crippen MR) is 70.2 cm³/mol. The number of hydrogen-bond acceptors (Lipinski definition) is 5. The zero-order chi connectivity index (χ0) is 14.7. The summed E-state index contributed by atoms with van der Waals surface area (Å²) in [5.74, 6) is -1.11. The van der Waals surface area contributed by atoms with Crippen LogP contribution in [0.1, 0.15) is 15.4 Å². The normalized spacial score (nSPS) is 10.6. The maximum Gasteiger partial charge on any atom is 0.387 e. The van der Waals surface area contributed by atoms with Crippen LogP contribution in [0.3, 0.4) is 0 Å². The number of carboxylic acid groups (broad SMARTS) is 1. The van der Waals surface area contributed by atoms with Crippen molar-refractivity contribution >= 4 is 28.1 Å². The van der Waals surface area contributed by atoms with Crippen molar-refractivity contribution in [3.05, 3.63) is 34.8 Å². The molecule has 0 saturated heterocycles. The Bertz CT molecular complexity index is 631. The number of carbonyl (C=O) groups is 1. The van der Waals surface area contributed by atoms with E-state index in [0.29, 0.717) is 16.5 Å². The fourth-order valence-corrected chi connectivity index (χ4v) is 2.35. The molecule has 2 rings (SSSR count). The van der Waals surface area contributed by atoms with Gasteiger partial charge >= 0.3 is 12.6 Å². The molecule has 0 aliphatic rings. The highest BCUT2D eigenvalue weighted by atomic mass is 32.1. The number of rotatable bonds is 5. The van der Waals surface area contributed by atoms with E-state index in [1.165, 1.54) is 12.1 Å². The molecule has 0 fully saturated rings. The molecule has 0 aliphatic carbocycles. The minimum Gasteiger partial charge on any atom is -0.477 e. The number of aromatic carboxylic acids is 1. The van der Waals surface area contributed by atoms with E-state index in [1.54, 1.807) is 19.1 Å². The molecule has 2 N–H and O–H groups in total. The van der Waals surface area contributed by atoms with Crippen LogP contribution in [-0.4, -0.2) is 22.7 Å². The van der Waals surface area contributed by atoms with Crippen molar-refractivity contribution in [2.45, 2.75) is 13.5 Å². The molecule has 0 aliphatic heterocycles. The van der Waals surface area contributed by atoms with Crippen molar-refractivity contribution < 1.29 is 23.4 Å². The first-order valence-electron chi connectivity index (χ1n) is 5.49. The van der Waals surface area contributed by atoms with Gasteiger partial charge in [0.1, 0.15) is 10.6 Å². The monoisotopic (exact) mass is 300 g/mol. The zero-order valence-electron chi connectivity index (χ0n) is 10.3. The van der Waals surface area contributed by atoms with E-state index < -0.39 is 12.6 Å². The Kier molecular flexibility index (Phi) is 4.14. The average Bonchev–Trinajstić information content (AvgIpc) is 2.72. The number of nitrogens with zero attached hydrogens (tertiary/aromatic N) is 1. The molecular weight excluding hydrogens is 290 g/mol. The Balaban J connectivity index is 2.26. The van der Waals surface area contributed by atoms with E-state index in [1.807, 2.05) is 0 Å². The van der Waals surface area contributed by atoms with Gasteiger partial charge in [-0.1, -0.05) is 23.5 Å². The minimum absolute atomic E-state index is 0.0350. The molecule has 0 bridgehead atoms. The van der Waals surface area contributed by atoms with Gasteiger partial charge in [-0.25, -0.2) is 9.78 Å². The van der Waals surface area contributed by atoms with Crippen LogP contribution in [0.25, 0.3) is 0 Å². The smallest absolute Gasteiger partial charge is 0.387 e. The highest BCUT2D eigenvalue weighted by Gasteiger charge is 2.15. The van der Waals surface area contributed by atoms with Gasteiger partial charge in [-0.05, 0) is 19.1 Å². The number of hydrogen-bond donors (Lipinski definition) is 2. The Hall–Kier alpha value is -2.22. The molecule has 0 unspecified atom stereocenters. The summed E-state index contributed by atoms with van der Waals surface area (Å²) in [6.07, 6.45) is 0. The van der Waals surface area contributed by atoms with Crippen LogP contribution in [0.2, 0.25) is 0 Å². The Morgan fingerprint density at radius 3 is 2.75 bits per heavy atom. The maximum atomic E-state index is 12.3. The van der Waals surface area contributed by atoms with Crippen molar-refractivity contribution in [2.24, 2.45) is 0 Å². The van der Waals surface area contributed by atoms with Crippen LogP contribution >= 0.6 is 11.3 Å². The molecule has 5 nitrogen and oxygen atoms in total. The van der Waals surface area contributed by atoms with Gasteiger partial charge < -0.3 is 15.2 Å². The van der Waals surface area contributed by atoms with E-state index in [2.05, 4.69) is 15.0 Å². The van der Waals surface area contributed by atoms with E-state index in [-0.39, 0.29) is 10.6 Å². The summed E-state index contributed by atoms with van der Waals surface area (Å²) in [7, 11) is 0. The van der Waals surface area contributed by atoms with Gasteiger partial charge in [-0.15, -0.1) is 0 Å². The van der Waals surface area contributed by atoms with Gasteiger partial charge in [-0.3, -0.25) is 0 Å². The number of benzene rings is 1. The fourth-order valence-electron chi connectivity index (χ4n) is 1.53. The maximum absolute atomic E-state index is 12.3. The van der Waals surface area contributed by atoms with Gasteiger partial charge in [0.25, 0.3) is 0 Å². The van der Waals surface area contributed by atoms with E-state index in [9.17, 15) is 13.6 Å². The molecule has 0 atom stereocenters. The molecule has 20 heavy (non-hydrogen) atoms. The van der Waals surface area contributed by atoms with E-state index in [4.69, 9.17) is 5.11 Å². The number of ether oxygens (including phenoxy) is 1. The second-order valence-electron chi connectivity index (χ2n) is 3.74. The van der Waals surface area contributed by atoms with Crippen molar-refractivity contribution in [3.8, 4) is 5.75 Å². The van der Waals surface area contributed by atoms with Crippen molar-refractivity contribution in [1.82, 2.24) is 4.98 Å². The first kappa shape index (κ1) is 14.2. The lowest BCUT2D eigenvalue weighted by atomic mass is 10.3. The molecule has 0 saturated carbocycles. The minimum atomic E-state index is -2.94. The molecule has 1 aromatic carbocycles. The molecule has 1 heterocycles. The van der Waals surface area contributed by atoms with Crippen molar-refractivity contribution in [3.63, 3.8) is 0 Å². The third-order valence-corrected chi connectivity index (χ3v) is 3.40. The molecule has 1 aromatic heterocycles. The topological polar surface area (TPSA) is 71.5 Å². The number of thiazole rings is 1. The molecule has 0 radical (unpaired) electrons. The number of para-hydroxylation sites is 2. The second kappa shape index (κ2) is 5.83. The molecule has 106 valence electrons. The average molecular weight is 300 g/mol. The lowest BCUT2D eigenvalue weighted by Gasteiger charge is -2.10. The molecule has 0 spiro atoms. The Morgan fingerprint density at radius 1 is 1.45 bits per heavy atom. The number of halogens is 2. The number of alkyl halides is 2. The quantitative estimate of drug-likeness (QED) is 0.884. The number of aromatic nitrogens is 1. The third kappa shape index (κ3) is 3.21. The fraction of sp³-hybridized carbons (Fsp3) is 0.167. The Labute approximate surface area is 116 Å². The van der Waals surface area contributed by atoms with Crippen LogP contribution in [0, 0.1) is 6.92 Å². The highest BCUT2D eigenvalue weighted by Crippen LogP contribution is 2.31. The van der Waals surface area contributed by atoms with Gasteiger partial charge in [0.05, 0.1) is 11.4 Å². The highest BCUT2D eigenvalue weighted by molar-refractivity contribution is 7.17. The molecular formula is C12H10F2N2O3S. The summed E-state index contributed by atoms with van der Waals surface area (Å²) >= 11 is 0.925. The summed E-state index contributed by atoms with van der Waals surface area (Å²) < 4.78 is 28.9. The van der Waals surface area contributed by atoms with Crippen LogP contribution in [0.4, 0.5) is 19.6 Å². The van der Waals surface area contributed by atoms with Gasteiger partial charge in [0, 0.05) is 0 Å². The number of anilines is 2. The Morgan fingerprint density at radius 2 is 2.15 bits per heavy atom. The lowest BCUT2D eigenvalue weighted by Crippen LogP contribution is -2.04. The first-order valence-corrected chi connectivity index (χ1v) is 6.30. The summed E-state index contributed by atoms with van der Waals surface area (Å²) in [6, 6.07) is 6.11. The van der Waals surface area contributed by atoms with Gasteiger partial charge in [0.15, 0.2) is 5.13 Å². The lowest BCUT2D eigenvalue weighted by molar-refractivity contribution is -0.0493. The molecule has 2 aromatic rings. The van der Waals surface area contributed by atoms with Crippen molar-refractivity contribution in [2.75, 3.05) is 5.32 Å². The zero-order valence-corrected chi connectivity index (χ0v) is 11.1. The molecule has 0 amide bonds. The SMILES string of the molecule is Cc1nc(Nc2ccccc2OC(F)F)sc1C(=O)O. The standard InChI is InChI=1S/C12H10F2N2O3S/c1-6-9(10(17)18)20-12(15-6)16-7-4-2-3-5-8(7)19-11(13)14/h2-5,11H,1H3,(H,15,16)(H,17,18). The number of nitrogens with one attached hydrogen (secondary N) is 1. The number of carboxylic acids is 1. The van der Waals surface area contributed by atoms with Crippen LogP contribution in [0.5, 0.6) is 5.75 Å².